The molecule has 2 heterocycles. The zero-order valence-electron chi connectivity index (χ0n) is 22.5. The van der Waals surface area contributed by atoms with E-state index in [4.69, 9.17) is 16.3 Å². The molecule has 0 bridgehead atoms. The van der Waals surface area contributed by atoms with Crippen molar-refractivity contribution in [3.8, 4) is 5.75 Å². The highest BCUT2D eigenvalue weighted by atomic mass is 35.5. The molecule has 0 saturated heterocycles. The van der Waals surface area contributed by atoms with Crippen molar-refractivity contribution in [2.24, 2.45) is 0 Å². The maximum absolute atomic E-state index is 13.3. The first kappa shape index (κ1) is 28.5. The summed E-state index contributed by atoms with van der Waals surface area (Å²) in [6, 6.07) is 6.10. The maximum atomic E-state index is 13.3. The number of aryl methyl sites for hydroxylation is 2. The molecule has 0 fully saturated rings. The van der Waals surface area contributed by atoms with Crippen molar-refractivity contribution in [3.05, 3.63) is 46.2 Å². The average Bonchev–Trinajstić information content (AvgIpc) is 3.27. The molecular weight excluding hydrogens is 494 g/mol. The first-order valence-corrected chi connectivity index (χ1v) is 13.3. The number of likely N-dealkylation sites (N-methyl/N-ethyl adjacent to an activating group) is 2. The molecule has 3 rings (SSSR count). The number of rotatable bonds is 2. The first-order chi connectivity index (χ1) is 17.6. The van der Waals surface area contributed by atoms with Crippen molar-refractivity contribution in [1.29, 1.82) is 0 Å². The number of fused-ring (bicyclic) bond motifs is 1. The highest BCUT2D eigenvalue weighted by Gasteiger charge is 2.28. The average molecular weight is 532 g/mol. The van der Waals surface area contributed by atoms with Crippen LogP contribution in [0.1, 0.15) is 66.1 Å². The number of nitrogens with zero attached hydrogens (tertiary/aromatic N) is 5. The number of benzene rings is 1. The van der Waals surface area contributed by atoms with Gasteiger partial charge in [-0.05, 0) is 70.7 Å². The molecule has 0 aliphatic carbocycles. The Kier molecular flexibility index (Phi) is 9.97. The molecular formula is C27H38ClN5O4. The summed E-state index contributed by atoms with van der Waals surface area (Å²) in [4.78, 5) is 44.5. The third kappa shape index (κ3) is 7.03. The highest BCUT2D eigenvalue weighted by Crippen LogP contribution is 2.25. The van der Waals surface area contributed by atoms with E-state index in [2.05, 4.69) is 5.10 Å². The van der Waals surface area contributed by atoms with Gasteiger partial charge in [0.1, 0.15) is 11.8 Å². The van der Waals surface area contributed by atoms with E-state index in [0.717, 1.165) is 25.0 Å². The molecule has 3 amide bonds. The lowest BCUT2D eigenvalue weighted by molar-refractivity contribution is -0.133. The van der Waals surface area contributed by atoms with Crippen LogP contribution in [0.3, 0.4) is 0 Å². The van der Waals surface area contributed by atoms with Gasteiger partial charge in [0.05, 0.1) is 12.2 Å². The summed E-state index contributed by atoms with van der Waals surface area (Å²) in [5, 5.41) is 4.89. The molecule has 2 aromatic rings. The maximum Gasteiger partial charge on any atom is 0.274 e. The third-order valence-corrected chi connectivity index (χ3v) is 7.08. The number of hydrogen-bond acceptors (Lipinski definition) is 5. The second-order valence-corrected chi connectivity index (χ2v) is 9.97. The van der Waals surface area contributed by atoms with E-state index >= 15 is 0 Å². The van der Waals surface area contributed by atoms with Crippen molar-refractivity contribution in [2.45, 2.75) is 59.0 Å². The predicted octanol–water partition coefficient (Wildman–Crippen LogP) is 3.88. The first-order valence-electron chi connectivity index (χ1n) is 12.9. The number of carbonyl (C=O) groups excluding carboxylic acids is 3. The summed E-state index contributed by atoms with van der Waals surface area (Å²) < 4.78 is 7.79. The van der Waals surface area contributed by atoms with E-state index in [1.807, 2.05) is 29.5 Å². The lowest BCUT2D eigenvalue weighted by atomic mass is 10.1. The number of hydrogen-bond donors (Lipinski definition) is 0. The van der Waals surface area contributed by atoms with E-state index in [-0.39, 0.29) is 17.7 Å². The number of ether oxygens (including phenoxy) is 1. The van der Waals surface area contributed by atoms with Crippen LogP contribution in [0.25, 0.3) is 0 Å². The molecule has 0 unspecified atom stereocenters. The predicted molar refractivity (Wildman–Crippen MR) is 143 cm³/mol. The van der Waals surface area contributed by atoms with Crippen molar-refractivity contribution in [3.63, 3.8) is 0 Å². The van der Waals surface area contributed by atoms with Crippen molar-refractivity contribution in [2.75, 3.05) is 40.3 Å². The van der Waals surface area contributed by atoms with Crippen LogP contribution in [-0.4, -0.2) is 88.6 Å². The molecule has 1 atom stereocenters. The van der Waals surface area contributed by atoms with Gasteiger partial charge in [0.2, 0.25) is 5.91 Å². The van der Waals surface area contributed by atoms with Gasteiger partial charge in [-0.2, -0.15) is 5.10 Å². The van der Waals surface area contributed by atoms with Crippen LogP contribution in [0.5, 0.6) is 5.75 Å². The number of aromatic nitrogens is 2. The van der Waals surface area contributed by atoms with Gasteiger partial charge >= 0.3 is 0 Å². The van der Waals surface area contributed by atoms with Crippen LogP contribution in [0.15, 0.2) is 24.3 Å². The van der Waals surface area contributed by atoms with Crippen LogP contribution >= 0.6 is 11.6 Å². The Labute approximate surface area is 224 Å². The Balaban J connectivity index is 1.80. The van der Waals surface area contributed by atoms with Crippen LogP contribution in [0, 0.1) is 6.92 Å². The fourth-order valence-corrected chi connectivity index (χ4v) is 4.58. The second kappa shape index (κ2) is 12.9. The Morgan fingerprint density at radius 1 is 1.08 bits per heavy atom. The summed E-state index contributed by atoms with van der Waals surface area (Å²) >= 11 is 6.18. The monoisotopic (exact) mass is 531 g/mol. The van der Waals surface area contributed by atoms with E-state index in [1.54, 1.807) is 44.1 Å². The fraction of sp³-hybridized carbons (Fsp3) is 0.556. The molecule has 9 nitrogen and oxygen atoms in total. The van der Waals surface area contributed by atoms with E-state index < -0.39 is 6.04 Å². The smallest absolute Gasteiger partial charge is 0.274 e. The normalized spacial score (nSPS) is 18.9. The fourth-order valence-electron chi connectivity index (χ4n) is 4.41. The molecule has 0 spiro atoms. The molecule has 0 N–H and O–H groups in total. The van der Waals surface area contributed by atoms with E-state index in [9.17, 15) is 14.4 Å². The quantitative estimate of drug-likeness (QED) is 0.587. The second-order valence-electron chi connectivity index (χ2n) is 9.53. The minimum atomic E-state index is -0.657. The third-order valence-electron chi connectivity index (χ3n) is 6.85. The summed E-state index contributed by atoms with van der Waals surface area (Å²) in [5.74, 6) is -0.140. The number of halogens is 1. The number of amides is 3. The van der Waals surface area contributed by atoms with Gasteiger partial charge in [-0.1, -0.05) is 11.6 Å². The molecule has 1 aliphatic heterocycles. The number of carbonyl (C=O) groups is 3. The van der Waals surface area contributed by atoms with Crippen molar-refractivity contribution in [1.82, 2.24) is 24.5 Å². The van der Waals surface area contributed by atoms with Crippen LogP contribution in [0.4, 0.5) is 0 Å². The SMILES string of the molecule is CCn1nc(C(=O)N2CCCCOc3ccc(Cl)cc3C(=O)N(C)[C@@H](C)C(=O)N(C)CCCC2)cc1C. The molecule has 1 aliphatic rings. The minimum Gasteiger partial charge on any atom is -0.493 e. The highest BCUT2D eigenvalue weighted by molar-refractivity contribution is 6.31. The van der Waals surface area contributed by atoms with Gasteiger partial charge < -0.3 is 19.4 Å². The van der Waals surface area contributed by atoms with Gasteiger partial charge in [-0.25, -0.2) is 0 Å². The van der Waals surface area contributed by atoms with Gasteiger partial charge in [-0.3, -0.25) is 19.1 Å². The molecule has 0 radical (unpaired) electrons. The summed E-state index contributed by atoms with van der Waals surface area (Å²) in [5.41, 5.74) is 1.73. The molecule has 10 heteroatoms. The molecule has 0 saturated carbocycles. The van der Waals surface area contributed by atoms with Gasteiger partial charge in [-0.15, -0.1) is 0 Å². The zero-order valence-corrected chi connectivity index (χ0v) is 23.3. The molecule has 202 valence electrons. The largest absolute Gasteiger partial charge is 0.493 e. The van der Waals surface area contributed by atoms with Gasteiger partial charge in [0, 0.05) is 51.0 Å². The summed E-state index contributed by atoms with van der Waals surface area (Å²) in [6.07, 6.45) is 2.93. The Hall–Kier alpha value is -3.07. The Morgan fingerprint density at radius 2 is 1.76 bits per heavy atom. The van der Waals surface area contributed by atoms with Gasteiger partial charge in [0.25, 0.3) is 11.8 Å². The topological polar surface area (TPSA) is 88.0 Å². The van der Waals surface area contributed by atoms with Gasteiger partial charge in [0.15, 0.2) is 5.69 Å². The van der Waals surface area contributed by atoms with Crippen LogP contribution < -0.4 is 4.74 Å². The van der Waals surface area contributed by atoms with E-state index in [1.165, 1.54) is 4.90 Å². The molecule has 1 aromatic heterocycles. The van der Waals surface area contributed by atoms with E-state index in [0.29, 0.717) is 61.2 Å². The Morgan fingerprint density at radius 3 is 2.43 bits per heavy atom. The van der Waals surface area contributed by atoms with Crippen LogP contribution in [-0.2, 0) is 11.3 Å². The Bertz CT molecular complexity index is 1120. The van der Waals surface area contributed by atoms with Crippen molar-refractivity contribution >= 4 is 29.3 Å². The minimum absolute atomic E-state index is 0.0839. The molecule has 1 aromatic carbocycles. The standard InChI is InChI=1S/C27H38ClN5O4/c1-6-33-19(2)17-23(29-33)27(36)32-14-8-7-13-30(4)25(34)20(3)31(5)26(35)22-18-21(28)11-12-24(22)37-16-10-9-15-32/h11-12,17-18,20H,6-10,13-16H2,1-5H3/t20-/m0/s1. The summed E-state index contributed by atoms with van der Waals surface area (Å²) in [6.45, 7) is 8.43. The zero-order chi connectivity index (χ0) is 27.1. The van der Waals surface area contributed by atoms with Crippen molar-refractivity contribution < 1.29 is 19.1 Å². The van der Waals surface area contributed by atoms with Crippen LogP contribution in [0.2, 0.25) is 5.02 Å². The lowest BCUT2D eigenvalue weighted by Gasteiger charge is -2.29. The molecule has 37 heavy (non-hydrogen) atoms. The lowest BCUT2D eigenvalue weighted by Crippen LogP contribution is -2.47. The summed E-state index contributed by atoms with van der Waals surface area (Å²) in [7, 11) is 3.35.